The van der Waals surface area contributed by atoms with Crippen LogP contribution in [0.2, 0.25) is 5.02 Å². The van der Waals surface area contributed by atoms with Crippen molar-refractivity contribution in [1.82, 2.24) is 15.6 Å². The molecule has 2 amide bonds. The predicted molar refractivity (Wildman–Crippen MR) is 105 cm³/mol. The summed E-state index contributed by atoms with van der Waals surface area (Å²) in [6, 6.07) is 15.5. The van der Waals surface area contributed by atoms with Gasteiger partial charge in [0.1, 0.15) is 5.69 Å². The van der Waals surface area contributed by atoms with E-state index in [1.165, 1.54) is 7.05 Å². The molecule has 3 aromatic rings. The number of likely N-dealkylation sites (N-methyl/N-ethyl adjacent to an activating group) is 1. The van der Waals surface area contributed by atoms with E-state index in [1.54, 1.807) is 24.3 Å². The summed E-state index contributed by atoms with van der Waals surface area (Å²) in [5.41, 5.74) is 2.00. The lowest BCUT2D eigenvalue weighted by Crippen LogP contribution is -2.51. The summed E-state index contributed by atoms with van der Waals surface area (Å²) in [7, 11) is 1.44. The molecule has 0 aliphatic carbocycles. The van der Waals surface area contributed by atoms with Crippen LogP contribution < -0.4 is 10.6 Å². The standard InChI is InChI=1S/C20H20ClN3O3/c1-22-20(27)18(25)16(9-12-5-3-2-4-6-12)24-19(26)17-11-13-10-14(21)7-8-15(13)23-17/h2-8,10-11,16,18,23,25H,9H2,1H3,(H,22,27)(H,24,26)/t16-,18+/m0/s1. The van der Waals surface area contributed by atoms with Crippen LogP contribution in [0.15, 0.2) is 54.6 Å². The number of H-pyrrole nitrogens is 1. The summed E-state index contributed by atoms with van der Waals surface area (Å²) in [4.78, 5) is 27.6. The Kier molecular flexibility index (Phi) is 5.78. The molecule has 0 fully saturated rings. The Morgan fingerprint density at radius 2 is 1.89 bits per heavy atom. The van der Waals surface area contributed by atoms with E-state index in [2.05, 4.69) is 15.6 Å². The summed E-state index contributed by atoms with van der Waals surface area (Å²) in [5.74, 6) is -0.967. The highest BCUT2D eigenvalue weighted by Gasteiger charge is 2.28. The molecule has 4 N–H and O–H groups in total. The van der Waals surface area contributed by atoms with Crippen LogP contribution in [-0.2, 0) is 11.2 Å². The third kappa shape index (κ3) is 4.48. The highest BCUT2D eigenvalue weighted by molar-refractivity contribution is 6.31. The molecule has 2 atom stereocenters. The number of aromatic nitrogens is 1. The molecule has 7 heteroatoms. The fourth-order valence-electron chi connectivity index (χ4n) is 2.91. The molecule has 0 bridgehead atoms. The first kappa shape index (κ1) is 18.9. The van der Waals surface area contributed by atoms with Gasteiger partial charge in [-0.15, -0.1) is 0 Å². The Balaban J connectivity index is 1.82. The second-order valence-corrected chi connectivity index (χ2v) is 6.68. The molecule has 3 rings (SSSR count). The van der Waals surface area contributed by atoms with Crippen molar-refractivity contribution in [3.05, 3.63) is 70.9 Å². The van der Waals surface area contributed by atoms with Crippen LogP contribution in [0.25, 0.3) is 10.9 Å². The number of amides is 2. The Morgan fingerprint density at radius 3 is 2.59 bits per heavy atom. The van der Waals surface area contributed by atoms with Gasteiger partial charge in [-0.3, -0.25) is 9.59 Å². The van der Waals surface area contributed by atoms with Gasteiger partial charge < -0.3 is 20.7 Å². The molecule has 0 spiro atoms. The molecule has 140 valence electrons. The number of hydrogen-bond acceptors (Lipinski definition) is 3. The molecule has 0 radical (unpaired) electrons. The van der Waals surface area contributed by atoms with Crippen molar-refractivity contribution >= 4 is 34.3 Å². The molecule has 0 saturated carbocycles. The number of aromatic amines is 1. The lowest BCUT2D eigenvalue weighted by molar-refractivity contribution is -0.130. The highest BCUT2D eigenvalue weighted by Crippen LogP contribution is 2.20. The molecule has 0 saturated heterocycles. The van der Waals surface area contributed by atoms with Gasteiger partial charge in [-0.05, 0) is 36.2 Å². The normalized spacial score (nSPS) is 13.1. The number of halogens is 1. The zero-order valence-corrected chi connectivity index (χ0v) is 15.5. The molecule has 27 heavy (non-hydrogen) atoms. The number of carbonyl (C=O) groups excluding carboxylic acids is 2. The molecule has 0 aliphatic rings. The summed E-state index contributed by atoms with van der Waals surface area (Å²) < 4.78 is 0. The number of carbonyl (C=O) groups is 2. The van der Waals surface area contributed by atoms with E-state index in [0.29, 0.717) is 17.1 Å². The van der Waals surface area contributed by atoms with Gasteiger partial charge in [0.05, 0.1) is 6.04 Å². The maximum atomic E-state index is 12.7. The van der Waals surface area contributed by atoms with Gasteiger partial charge in [0.2, 0.25) is 0 Å². The third-order valence-electron chi connectivity index (χ3n) is 4.34. The molecule has 6 nitrogen and oxygen atoms in total. The van der Waals surface area contributed by atoms with E-state index < -0.39 is 24.0 Å². The van der Waals surface area contributed by atoms with E-state index in [1.807, 2.05) is 30.3 Å². The fourth-order valence-corrected chi connectivity index (χ4v) is 3.09. The number of benzene rings is 2. The molecule has 2 aromatic carbocycles. The van der Waals surface area contributed by atoms with Gasteiger partial charge in [-0.25, -0.2) is 0 Å². The van der Waals surface area contributed by atoms with Crippen molar-refractivity contribution in [2.75, 3.05) is 7.05 Å². The van der Waals surface area contributed by atoms with Crippen LogP contribution in [0.1, 0.15) is 16.1 Å². The largest absolute Gasteiger partial charge is 0.381 e. The monoisotopic (exact) mass is 385 g/mol. The van der Waals surface area contributed by atoms with Crippen molar-refractivity contribution in [1.29, 1.82) is 0 Å². The van der Waals surface area contributed by atoms with Crippen molar-refractivity contribution in [2.24, 2.45) is 0 Å². The SMILES string of the molecule is CNC(=O)[C@H](O)[C@H](Cc1ccccc1)NC(=O)c1cc2cc(Cl)ccc2[nH]1. The minimum Gasteiger partial charge on any atom is -0.381 e. The molecular weight excluding hydrogens is 366 g/mol. The van der Waals surface area contributed by atoms with E-state index in [0.717, 1.165) is 16.5 Å². The molecular formula is C20H20ClN3O3. The van der Waals surface area contributed by atoms with Crippen LogP contribution in [0, 0.1) is 0 Å². The van der Waals surface area contributed by atoms with Crippen molar-refractivity contribution in [3.8, 4) is 0 Å². The number of fused-ring (bicyclic) bond motifs is 1. The Morgan fingerprint density at radius 1 is 1.15 bits per heavy atom. The Labute approximate surface area is 161 Å². The smallest absolute Gasteiger partial charge is 0.268 e. The van der Waals surface area contributed by atoms with Gasteiger partial charge in [0.15, 0.2) is 6.10 Å². The molecule has 1 aromatic heterocycles. The lowest BCUT2D eigenvalue weighted by atomic mass is 10.0. The fraction of sp³-hybridized carbons (Fsp3) is 0.200. The number of aliphatic hydroxyl groups is 1. The third-order valence-corrected chi connectivity index (χ3v) is 4.57. The zero-order chi connectivity index (χ0) is 19.4. The first-order valence-corrected chi connectivity index (χ1v) is 8.88. The maximum absolute atomic E-state index is 12.7. The van der Waals surface area contributed by atoms with E-state index in [-0.39, 0.29) is 0 Å². The predicted octanol–water partition coefficient (Wildman–Crippen LogP) is 2.27. The first-order chi connectivity index (χ1) is 13.0. The van der Waals surface area contributed by atoms with Gasteiger partial charge in [-0.1, -0.05) is 41.9 Å². The number of rotatable bonds is 6. The topological polar surface area (TPSA) is 94.2 Å². The van der Waals surface area contributed by atoms with Gasteiger partial charge in [0, 0.05) is 23.0 Å². The Hall–Kier alpha value is -2.83. The van der Waals surface area contributed by atoms with Gasteiger partial charge >= 0.3 is 0 Å². The molecule has 0 aliphatic heterocycles. The first-order valence-electron chi connectivity index (χ1n) is 8.50. The van der Waals surface area contributed by atoms with Crippen LogP contribution in [0.3, 0.4) is 0 Å². The van der Waals surface area contributed by atoms with Crippen LogP contribution in [0.5, 0.6) is 0 Å². The highest BCUT2D eigenvalue weighted by atomic mass is 35.5. The van der Waals surface area contributed by atoms with Crippen molar-refractivity contribution in [2.45, 2.75) is 18.6 Å². The second kappa shape index (κ2) is 8.24. The minimum absolute atomic E-state index is 0.313. The number of nitrogens with one attached hydrogen (secondary N) is 3. The van der Waals surface area contributed by atoms with Crippen LogP contribution >= 0.6 is 11.6 Å². The second-order valence-electron chi connectivity index (χ2n) is 6.24. The van der Waals surface area contributed by atoms with E-state index in [9.17, 15) is 14.7 Å². The summed E-state index contributed by atoms with van der Waals surface area (Å²) in [6.07, 6.45) is -1.06. The van der Waals surface area contributed by atoms with Gasteiger partial charge in [-0.2, -0.15) is 0 Å². The van der Waals surface area contributed by atoms with Crippen molar-refractivity contribution < 1.29 is 14.7 Å². The number of hydrogen-bond donors (Lipinski definition) is 4. The average Bonchev–Trinajstić information content (AvgIpc) is 3.10. The van der Waals surface area contributed by atoms with Crippen LogP contribution in [-0.4, -0.2) is 41.1 Å². The van der Waals surface area contributed by atoms with Crippen LogP contribution in [0.4, 0.5) is 0 Å². The van der Waals surface area contributed by atoms with Gasteiger partial charge in [0.25, 0.3) is 11.8 Å². The summed E-state index contributed by atoms with van der Waals surface area (Å²) in [5, 5.41) is 16.9. The maximum Gasteiger partial charge on any atom is 0.268 e. The van der Waals surface area contributed by atoms with E-state index >= 15 is 0 Å². The quantitative estimate of drug-likeness (QED) is 0.524. The molecule has 0 unspecified atom stereocenters. The lowest BCUT2D eigenvalue weighted by Gasteiger charge is -2.23. The minimum atomic E-state index is -1.38. The Bertz CT molecular complexity index is 956. The molecule has 1 heterocycles. The summed E-state index contributed by atoms with van der Waals surface area (Å²) in [6.45, 7) is 0. The number of aliphatic hydroxyl groups excluding tert-OH is 1. The van der Waals surface area contributed by atoms with Crippen molar-refractivity contribution in [3.63, 3.8) is 0 Å². The van der Waals surface area contributed by atoms with E-state index in [4.69, 9.17) is 11.6 Å². The zero-order valence-electron chi connectivity index (χ0n) is 14.7. The summed E-state index contributed by atoms with van der Waals surface area (Å²) >= 11 is 5.98. The average molecular weight is 386 g/mol.